The predicted octanol–water partition coefficient (Wildman–Crippen LogP) is 6.49. The van der Waals surface area contributed by atoms with Gasteiger partial charge in [0.2, 0.25) is 0 Å². The highest BCUT2D eigenvalue weighted by atomic mass is 79.9. The molecule has 2 rings (SSSR count). The SMILES string of the molecule is CCSc1cc(Br)c(F)cc1N(CC(C)C)c1ccccc1. The Labute approximate surface area is 145 Å². The van der Waals surface area contributed by atoms with Crippen LogP contribution >= 0.6 is 27.7 Å². The predicted molar refractivity (Wildman–Crippen MR) is 98.8 cm³/mol. The molecule has 0 fully saturated rings. The summed E-state index contributed by atoms with van der Waals surface area (Å²) in [6.45, 7) is 7.32. The monoisotopic (exact) mass is 381 g/mol. The summed E-state index contributed by atoms with van der Waals surface area (Å²) in [5.74, 6) is 1.21. The fraction of sp³-hybridized carbons (Fsp3) is 0.333. The zero-order valence-corrected chi connectivity index (χ0v) is 15.5. The van der Waals surface area contributed by atoms with Crippen molar-refractivity contribution in [3.8, 4) is 0 Å². The molecule has 0 spiro atoms. The van der Waals surface area contributed by atoms with Crippen molar-refractivity contribution in [2.45, 2.75) is 25.7 Å². The Bertz CT molecular complexity index is 616. The Hall–Kier alpha value is -1.00. The van der Waals surface area contributed by atoms with Gasteiger partial charge in [-0.2, -0.15) is 0 Å². The molecule has 0 radical (unpaired) electrons. The van der Waals surface area contributed by atoms with Crippen LogP contribution in [0.15, 0.2) is 51.8 Å². The van der Waals surface area contributed by atoms with Crippen molar-refractivity contribution in [3.63, 3.8) is 0 Å². The summed E-state index contributed by atoms with van der Waals surface area (Å²) in [6, 6.07) is 13.7. The van der Waals surface area contributed by atoms with Gasteiger partial charge in [-0.3, -0.25) is 0 Å². The van der Waals surface area contributed by atoms with Crippen LogP contribution in [-0.2, 0) is 0 Å². The molecule has 118 valence electrons. The van der Waals surface area contributed by atoms with Gasteiger partial charge in [0, 0.05) is 17.1 Å². The van der Waals surface area contributed by atoms with Crippen molar-refractivity contribution in [2.24, 2.45) is 5.92 Å². The standard InChI is InChI=1S/C18H21BrFNS/c1-4-22-18-10-15(19)16(20)11-17(18)21(12-13(2)3)14-8-6-5-7-9-14/h5-11,13H,4,12H2,1-3H3. The van der Waals surface area contributed by atoms with Crippen molar-refractivity contribution in [2.75, 3.05) is 17.2 Å². The molecule has 0 amide bonds. The molecule has 22 heavy (non-hydrogen) atoms. The average Bonchev–Trinajstić information content (AvgIpc) is 2.49. The van der Waals surface area contributed by atoms with Gasteiger partial charge in [-0.25, -0.2) is 4.39 Å². The quantitative estimate of drug-likeness (QED) is 0.525. The lowest BCUT2D eigenvalue weighted by Crippen LogP contribution is -2.23. The number of rotatable bonds is 6. The maximum Gasteiger partial charge on any atom is 0.139 e. The van der Waals surface area contributed by atoms with Crippen molar-refractivity contribution in [1.29, 1.82) is 0 Å². The molecular weight excluding hydrogens is 361 g/mol. The first kappa shape index (κ1) is 17.4. The average molecular weight is 382 g/mol. The third-order valence-electron chi connectivity index (χ3n) is 3.21. The van der Waals surface area contributed by atoms with Crippen LogP contribution in [0.5, 0.6) is 0 Å². The second kappa shape index (κ2) is 8.02. The Morgan fingerprint density at radius 1 is 1.18 bits per heavy atom. The van der Waals surface area contributed by atoms with Crippen LogP contribution in [0.4, 0.5) is 15.8 Å². The highest BCUT2D eigenvalue weighted by Crippen LogP contribution is 2.38. The van der Waals surface area contributed by atoms with Gasteiger partial charge in [0.1, 0.15) is 5.82 Å². The van der Waals surface area contributed by atoms with E-state index >= 15 is 0 Å². The molecule has 0 N–H and O–H groups in total. The van der Waals surface area contributed by atoms with E-state index in [1.54, 1.807) is 17.8 Å². The fourth-order valence-corrected chi connectivity index (χ4v) is 3.64. The van der Waals surface area contributed by atoms with Crippen LogP contribution < -0.4 is 4.90 Å². The molecule has 1 nitrogen and oxygen atoms in total. The normalized spacial score (nSPS) is 11.0. The van der Waals surface area contributed by atoms with Crippen molar-refractivity contribution >= 4 is 39.1 Å². The lowest BCUT2D eigenvalue weighted by atomic mass is 10.1. The molecular formula is C18H21BrFNS. The first-order valence-corrected chi connectivity index (χ1v) is 9.25. The summed E-state index contributed by atoms with van der Waals surface area (Å²) in [6.07, 6.45) is 0. The van der Waals surface area contributed by atoms with Gasteiger partial charge < -0.3 is 4.90 Å². The Morgan fingerprint density at radius 2 is 1.86 bits per heavy atom. The zero-order chi connectivity index (χ0) is 16.1. The van der Waals surface area contributed by atoms with Gasteiger partial charge >= 0.3 is 0 Å². The third kappa shape index (κ3) is 4.26. The lowest BCUT2D eigenvalue weighted by molar-refractivity contribution is 0.615. The number of thioether (sulfide) groups is 1. The van der Waals surface area contributed by atoms with Crippen LogP contribution in [-0.4, -0.2) is 12.3 Å². The highest BCUT2D eigenvalue weighted by molar-refractivity contribution is 9.10. The molecule has 0 aliphatic heterocycles. The first-order valence-electron chi connectivity index (χ1n) is 7.47. The summed E-state index contributed by atoms with van der Waals surface area (Å²) >= 11 is 5.04. The Morgan fingerprint density at radius 3 is 2.45 bits per heavy atom. The van der Waals surface area contributed by atoms with Crippen molar-refractivity contribution in [3.05, 3.63) is 52.8 Å². The molecule has 0 bridgehead atoms. The molecule has 0 saturated carbocycles. The van der Waals surface area contributed by atoms with E-state index in [1.165, 1.54) is 0 Å². The molecule has 0 atom stereocenters. The van der Waals surface area contributed by atoms with Crippen molar-refractivity contribution < 1.29 is 4.39 Å². The molecule has 4 heteroatoms. The molecule has 2 aromatic carbocycles. The minimum atomic E-state index is -0.222. The summed E-state index contributed by atoms with van der Waals surface area (Å²) in [7, 11) is 0. The number of benzene rings is 2. The van der Waals surface area contributed by atoms with Gasteiger partial charge in [-0.1, -0.05) is 39.0 Å². The Balaban J connectivity index is 2.53. The Kier molecular flexibility index (Phi) is 6.33. The topological polar surface area (TPSA) is 3.24 Å². The van der Waals surface area contributed by atoms with E-state index in [0.29, 0.717) is 10.4 Å². The third-order valence-corrected chi connectivity index (χ3v) is 4.74. The minimum Gasteiger partial charge on any atom is -0.340 e. The molecule has 0 saturated heterocycles. The molecule has 0 aliphatic carbocycles. The van der Waals surface area contributed by atoms with E-state index in [2.05, 4.69) is 53.7 Å². The smallest absolute Gasteiger partial charge is 0.139 e. The largest absolute Gasteiger partial charge is 0.340 e. The van der Waals surface area contributed by atoms with E-state index in [1.807, 2.05) is 24.3 Å². The van der Waals surface area contributed by atoms with Gasteiger partial charge in [0.15, 0.2) is 0 Å². The van der Waals surface area contributed by atoms with E-state index in [-0.39, 0.29) is 5.82 Å². The number of nitrogens with zero attached hydrogens (tertiary/aromatic N) is 1. The summed E-state index contributed by atoms with van der Waals surface area (Å²) in [5, 5.41) is 0. The number of hydrogen-bond donors (Lipinski definition) is 0. The minimum absolute atomic E-state index is 0.222. The van der Waals surface area contributed by atoms with Crippen molar-refractivity contribution in [1.82, 2.24) is 0 Å². The maximum atomic E-state index is 14.1. The van der Waals surface area contributed by atoms with Gasteiger partial charge in [0.05, 0.1) is 10.2 Å². The molecule has 0 heterocycles. The number of halogens is 2. The molecule has 0 unspecified atom stereocenters. The molecule has 0 aromatic heterocycles. The summed E-state index contributed by atoms with van der Waals surface area (Å²) < 4.78 is 14.6. The lowest BCUT2D eigenvalue weighted by Gasteiger charge is -2.29. The number of hydrogen-bond acceptors (Lipinski definition) is 2. The molecule has 2 aromatic rings. The second-order valence-electron chi connectivity index (χ2n) is 5.51. The fourth-order valence-electron chi connectivity index (χ4n) is 2.32. The summed E-state index contributed by atoms with van der Waals surface area (Å²) in [4.78, 5) is 3.30. The van der Waals surface area contributed by atoms with E-state index in [0.717, 1.165) is 28.6 Å². The van der Waals surface area contributed by atoms with Gasteiger partial charge in [-0.05, 0) is 51.9 Å². The number of anilines is 2. The van der Waals surface area contributed by atoms with Crippen LogP contribution in [0.3, 0.4) is 0 Å². The van der Waals surface area contributed by atoms with Gasteiger partial charge in [0.25, 0.3) is 0 Å². The second-order valence-corrected chi connectivity index (χ2v) is 7.67. The van der Waals surface area contributed by atoms with Crippen LogP contribution in [0.1, 0.15) is 20.8 Å². The van der Waals surface area contributed by atoms with E-state index in [4.69, 9.17) is 0 Å². The maximum absolute atomic E-state index is 14.1. The summed E-state index contributed by atoms with van der Waals surface area (Å²) in [5.41, 5.74) is 2.03. The van der Waals surface area contributed by atoms with Crippen LogP contribution in [0.25, 0.3) is 0 Å². The number of para-hydroxylation sites is 1. The zero-order valence-electron chi connectivity index (χ0n) is 13.1. The van der Waals surface area contributed by atoms with Crippen LogP contribution in [0.2, 0.25) is 0 Å². The first-order chi connectivity index (χ1) is 10.5. The van der Waals surface area contributed by atoms with E-state index in [9.17, 15) is 4.39 Å². The van der Waals surface area contributed by atoms with Gasteiger partial charge in [-0.15, -0.1) is 11.8 Å². The molecule has 0 aliphatic rings. The van der Waals surface area contributed by atoms with Crippen LogP contribution in [0, 0.1) is 11.7 Å². The highest BCUT2D eigenvalue weighted by Gasteiger charge is 2.17. The van der Waals surface area contributed by atoms with E-state index < -0.39 is 0 Å².